The summed E-state index contributed by atoms with van der Waals surface area (Å²) in [5.74, 6) is 0.0790. The number of imidazole rings is 1. The molecule has 0 saturated carbocycles. The molecule has 0 aliphatic heterocycles. The van der Waals surface area contributed by atoms with Gasteiger partial charge < -0.3 is 9.30 Å². The molecule has 2 rings (SSSR count). The van der Waals surface area contributed by atoms with E-state index in [-0.39, 0.29) is 11.1 Å². The molecule has 0 unspecified atom stereocenters. The zero-order valence-electron chi connectivity index (χ0n) is 11.1. The molecule has 19 heavy (non-hydrogen) atoms. The highest BCUT2D eigenvalue weighted by Crippen LogP contribution is 2.20. The molecule has 0 bridgehead atoms. The lowest BCUT2D eigenvalue weighted by atomic mass is 10.2. The molecule has 8 heteroatoms. The van der Waals surface area contributed by atoms with Gasteiger partial charge in [-0.3, -0.25) is 5.32 Å². The Morgan fingerprint density at radius 2 is 2.11 bits per heavy atom. The quantitative estimate of drug-likeness (QED) is 0.813. The van der Waals surface area contributed by atoms with E-state index in [4.69, 9.17) is 16.3 Å². The first-order valence-corrected chi connectivity index (χ1v) is 5.98. The average molecular weight is 284 g/mol. The number of nitrogens with one attached hydrogen (secondary N) is 1. The molecular weight excluding hydrogens is 270 g/mol. The van der Waals surface area contributed by atoms with Crippen molar-refractivity contribution in [3.05, 3.63) is 11.5 Å². The van der Waals surface area contributed by atoms with Crippen LogP contribution in [0.2, 0.25) is 5.15 Å². The van der Waals surface area contributed by atoms with Gasteiger partial charge in [-0.05, 0) is 20.8 Å². The van der Waals surface area contributed by atoms with E-state index in [0.717, 1.165) is 0 Å². The molecule has 0 aliphatic carbocycles. The highest BCUT2D eigenvalue weighted by Gasteiger charge is 2.18. The van der Waals surface area contributed by atoms with E-state index in [2.05, 4.69) is 20.3 Å². The van der Waals surface area contributed by atoms with Crippen molar-refractivity contribution in [3.8, 4) is 0 Å². The number of halogens is 1. The van der Waals surface area contributed by atoms with Gasteiger partial charge in [0.1, 0.15) is 11.1 Å². The average Bonchev–Trinajstić information content (AvgIpc) is 2.58. The van der Waals surface area contributed by atoms with Gasteiger partial charge in [0.05, 0.1) is 6.33 Å². The molecule has 0 aromatic carbocycles. The molecule has 2 aromatic rings. The summed E-state index contributed by atoms with van der Waals surface area (Å²) in [7, 11) is 1.77. The van der Waals surface area contributed by atoms with Crippen molar-refractivity contribution in [3.63, 3.8) is 0 Å². The van der Waals surface area contributed by atoms with E-state index in [1.165, 1.54) is 0 Å². The fourth-order valence-electron chi connectivity index (χ4n) is 1.42. The van der Waals surface area contributed by atoms with Crippen LogP contribution in [0.3, 0.4) is 0 Å². The number of rotatable bonds is 1. The summed E-state index contributed by atoms with van der Waals surface area (Å²) in [5.41, 5.74) is 0.426. The van der Waals surface area contributed by atoms with Crippen LogP contribution in [0.25, 0.3) is 11.2 Å². The number of nitrogens with zero attached hydrogens (tertiary/aromatic N) is 4. The van der Waals surface area contributed by atoms with Crippen LogP contribution in [0.15, 0.2) is 6.33 Å². The van der Waals surface area contributed by atoms with Crippen LogP contribution in [0.1, 0.15) is 20.8 Å². The fourth-order valence-corrected chi connectivity index (χ4v) is 1.64. The van der Waals surface area contributed by atoms with E-state index in [1.807, 2.05) is 0 Å². The van der Waals surface area contributed by atoms with Crippen molar-refractivity contribution in [2.45, 2.75) is 26.4 Å². The maximum atomic E-state index is 11.6. The van der Waals surface area contributed by atoms with E-state index in [0.29, 0.717) is 11.2 Å². The minimum Gasteiger partial charge on any atom is -0.444 e. The molecule has 0 radical (unpaired) electrons. The minimum atomic E-state index is -0.634. The molecular formula is C11H14ClN5O2. The van der Waals surface area contributed by atoms with Gasteiger partial charge >= 0.3 is 6.09 Å². The number of carbonyl (C=O) groups is 1. The lowest BCUT2D eigenvalue weighted by Crippen LogP contribution is -2.27. The Labute approximate surface area is 115 Å². The molecule has 1 amide bonds. The molecule has 0 spiro atoms. The van der Waals surface area contributed by atoms with Crippen molar-refractivity contribution < 1.29 is 9.53 Å². The smallest absolute Gasteiger partial charge is 0.414 e. The number of aryl methyl sites for hydroxylation is 1. The Balaban J connectivity index is 2.26. The van der Waals surface area contributed by atoms with Crippen molar-refractivity contribution in [1.29, 1.82) is 0 Å². The number of carbonyl (C=O) groups excluding carboxylic acids is 1. The molecule has 1 N–H and O–H groups in total. The van der Waals surface area contributed by atoms with Crippen molar-refractivity contribution >= 4 is 34.8 Å². The van der Waals surface area contributed by atoms with Gasteiger partial charge in [-0.2, -0.15) is 9.97 Å². The van der Waals surface area contributed by atoms with E-state index in [1.54, 1.807) is 38.7 Å². The Morgan fingerprint density at radius 1 is 1.42 bits per heavy atom. The van der Waals surface area contributed by atoms with Gasteiger partial charge in [0.2, 0.25) is 5.95 Å². The number of hydrogen-bond acceptors (Lipinski definition) is 5. The second kappa shape index (κ2) is 4.65. The van der Waals surface area contributed by atoms with Crippen LogP contribution >= 0.6 is 11.6 Å². The van der Waals surface area contributed by atoms with Crippen molar-refractivity contribution in [2.75, 3.05) is 5.32 Å². The van der Waals surface area contributed by atoms with Gasteiger partial charge in [-0.1, -0.05) is 11.6 Å². The Kier molecular flexibility index (Phi) is 3.32. The van der Waals surface area contributed by atoms with E-state index >= 15 is 0 Å². The lowest BCUT2D eigenvalue weighted by molar-refractivity contribution is 0.0634. The highest BCUT2D eigenvalue weighted by atomic mass is 35.5. The summed E-state index contributed by atoms with van der Waals surface area (Å²) >= 11 is 5.97. The monoisotopic (exact) mass is 283 g/mol. The molecule has 0 aliphatic rings. The van der Waals surface area contributed by atoms with Crippen LogP contribution < -0.4 is 5.32 Å². The van der Waals surface area contributed by atoms with Crippen LogP contribution in [-0.4, -0.2) is 31.2 Å². The number of fused-ring (bicyclic) bond motifs is 1. The predicted octanol–water partition coefficient (Wildman–Crippen LogP) is 2.36. The first kappa shape index (κ1) is 13.5. The van der Waals surface area contributed by atoms with Gasteiger partial charge in [-0.15, -0.1) is 0 Å². The fraction of sp³-hybridized carbons (Fsp3) is 0.455. The maximum absolute atomic E-state index is 11.6. The molecule has 0 fully saturated rings. The third-order valence-electron chi connectivity index (χ3n) is 2.13. The topological polar surface area (TPSA) is 81.9 Å². The Hall–Kier alpha value is -1.89. The summed E-state index contributed by atoms with van der Waals surface area (Å²) in [6.45, 7) is 5.31. The summed E-state index contributed by atoms with van der Waals surface area (Å²) in [6.07, 6.45) is 0.938. The highest BCUT2D eigenvalue weighted by molar-refractivity contribution is 6.33. The zero-order chi connectivity index (χ0) is 14.2. The first-order chi connectivity index (χ1) is 8.76. The summed E-state index contributed by atoms with van der Waals surface area (Å²) in [5, 5.41) is 2.62. The van der Waals surface area contributed by atoms with Crippen LogP contribution in [0, 0.1) is 0 Å². The number of hydrogen-bond donors (Lipinski definition) is 1. The normalized spacial score (nSPS) is 11.6. The van der Waals surface area contributed by atoms with Crippen LogP contribution in [0.4, 0.5) is 10.7 Å². The largest absolute Gasteiger partial charge is 0.444 e. The van der Waals surface area contributed by atoms with Gasteiger partial charge in [0.25, 0.3) is 0 Å². The Bertz CT molecular complexity index is 632. The third-order valence-corrected chi connectivity index (χ3v) is 2.39. The standard InChI is InChI=1S/C11H14ClN5O2/c1-11(2,3)19-10(18)16-9-14-7(12)6-8(15-9)17(4)5-13-6/h5H,1-4H3,(H,14,15,16,18). The van der Waals surface area contributed by atoms with Crippen LogP contribution in [-0.2, 0) is 11.8 Å². The SMILES string of the molecule is Cn1cnc2c(Cl)nc(NC(=O)OC(C)(C)C)nc21. The number of ether oxygens (including phenoxy) is 1. The lowest BCUT2D eigenvalue weighted by Gasteiger charge is -2.19. The summed E-state index contributed by atoms with van der Waals surface area (Å²) < 4.78 is 6.79. The second-order valence-corrected chi connectivity index (χ2v) is 5.35. The van der Waals surface area contributed by atoms with Crippen molar-refractivity contribution in [2.24, 2.45) is 7.05 Å². The molecule has 102 valence electrons. The zero-order valence-corrected chi connectivity index (χ0v) is 11.8. The van der Waals surface area contributed by atoms with E-state index in [9.17, 15) is 4.79 Å². The van der Waals surface area contributed by atoms with Gasteiger partial charge in [0.15, 0.2) is 10.8 Å². The van der Waals surface area contributed by atoms with Crippen molar-refractivity contribution in [1.82, 2.24) is 19.5 Å². The molecule has 0 saturated heterocycles. The van der Waals surface area contributed by atoms with Crippen LogP contribution in [0.5, 0.6) is 0 Å². The van der Waals surface area contributed by atoms with Gasteiger partial charge in [0, 0.05) is 7.05 Å². The first-order valence-electron chi connectivity index (χ1n) is 5.61. The Morgan fingerprint density at radius 3 is 2.74 bits per heavy atom. The maximum Gasteiger partial charge on any atom is 0.414 e. The molecule has 2 heterocycles. The predicted molar refractivity (Wildman–Crippen MR) is 71.2 cm³/mol. The number of amides is 1. The van der Waals surface area contributed by atoms with E-state index < -0.39 is 11.7 Å². The minimum absolute atomic E-state index is 0.0790. The van der Waals surface area contributed by atoms with Gasteiger partial charge in [-0.25, -0.2) is 9.78 Å². The summed E-state index contributed by atoms with van der Waals surface area (Å²) in [6, 6.07) is 0. The molecule has 7 nitrogen and oxygen atoms in total. The number of anilines is 1. The third kappa shape index (κ3) is 3.11. The second-order valence-electron chi connectivity index (χ2n) is 4.99. The summed E-state index contributed by atoms with van der Waals surface area (Å²) in [4.78, 5) is 23.8. The number of aromatic nitrogens is 4. The molecule has 0 atom stereocenters. The molecule has 2 aromatic heterocycles.